The van der Waals surface area contributed by atoms with E-state index in [0.29, 0.717) is 28.5 Å². The summed E-state index contributed by atoms with van der Waals surface area (Å²) in [5.74, 6) is 1.88. The summed E-state index contributed by atoms with van der Waals surface area (Å²) >= 11 is 3.55. The second-order valence-electron chi connectivity index (χ2n) is 8.15. The molecular formula is C27H26BrNO5S. The summed E-state index contributed by atoms with van der Waals surface area (Å²) in [6, 6.07) is 21.7. The Balaban J connectivity index is 1.94. The zero-order chi connectivity index (χ0) is 25.2. The number of ether oxygens (including phenoxy) is 2. The van der Waals surface area contributed by atoms with Gasteiger partial charge in [0.15, 0.2) is 11.5 Å². The minimum absolute atomic E-state index is 0.164. The van der Waals surface area contributed by atoms with Gasteiger partial charge in [-0.3, -0.25) is 4.72 Å². The van der Waals surface area contributed by atoms with Crippen LogP contribution in [0.2, 0.25) is 0 Å². The van der Waals surface area contributed by atoms with Crippen LogP contribution in [0, 0.1) is 13.8 Å². The Hall–Kier alpha value is -3.23. The first-order chi connectivity index (χ1) is 16.7. The van der Waals surface area contributed by atoms with Crippen molar-refractivity contribution in [2.24, 2.45) is 0 Å². The summed E-state index contributed by atoms with van der Waals surface area (Å²) in [5, 5.41) is 0. The fraction of sp³-hybridized carbons (Fsp3) is 0.185. The van der Waals surface area contributed by atoms with Crippen molar-refractivity contribution in [1.29, 1.82) is 0 Å². The van der Waals surface area contributed by atoms with Crippen LogP contribution in [0.5, 0.6) is 11.5 Å². The number of nitrogens with one attached hydrogen (secondary N) is 1. The molecule has 0 aliphatic heterocycles. The van der Waals surface area contributed by atoms with Gasteiger partial charge in [-0.15, -0.1) is 0 Å². The van der Waals surface area contributed by atoms with Crippen molar-refractivity contribution in [2.75, 3.05) is 18.9 Å². The van der Waals surface area contributed by atoms with Gasteiger partial charge in [0, 0.05) is 10.5 Å². The van der Waals surface area contributed by atoms with Crippen molar-refractivity contribution in [3.05, 3.63) is 105 Å². The van der Waals surface area contributed by atoms with Gasteiger partial charge in [0.2, 0.25) is 0 Å². The average molecular weight is 556 g/mol. The fourth-order valence-electron chi connectivity index (χ4n) is 3.93. The Morgan fingerprint density at radius 3 is 2.17 bits per heavy atom. The summed E-state index contributed by atoms with van der Waals surface area (Å²) in [6.07, 6.45) is 0. The molecule has 1 atom stereocenters. The third-order valence-corrected chi connectivity index (χ3v) is 7.54. The SMILES string of the molecule is COc1cc(NS(=O)(=O)c2ccc(C)cc2)c(C(c2cccc(Br)c2)c2ccc(C)o2)cc1OC. The lowest BCUT2D eigenvalue weighted by atomic mass is 9.88. The van der Waals surface area contributed by atoms with Crippen LogP contribution in [-0.2, 0) is 10.0 Å². The summed E-state index contributed by atoms with van der Waals surface area (Å²) in [7, 11) is -0.828. The van der Waals surface area contributed by atoms with E-state index in [1.807, 2.05) is 50.2 Å². The van der Waals surface area contributed by atoms with Crippen LogP contribution >= 0.6 is 15.9 Å². The van der Waals surface area contributed by atoms with Gasteiger partial charge in [0.05, 0.1) is 30.7 Å². The zero-order valence-electron chi connectivity index (χ0n) is 19.8. The zero-order valence-corrected chi connectivity index (χ0v) is 22.2. The maximum Gasteiger partial charge on any atom is 0.261 e. The van der Waals surface area contributed by atoms with Gasteiger partial charge < -0.3 is 13.9 Å². The molecule has 6 nitrogen and oxygen atoms in total. The number of rotatable bonds is 8. The highest BCUT2D eigenvalue weighted by atomic mass is 79.9. The molecule has 0 radical (unpaired) electrons. The average Bonchev–Trinajstić information content (AvgIpc) is 3.25. The Kier molecular flexibility index (Phi) is 7.23. The lowest BCUT2D eigenvalue weighted by Crippen LogP contribution is -2.16. The first kappa shape index (κ1) is 24.9. The molecular weight excluding hydrogens is 530 g/mol. The van der Waals surface area contributed by atoms with E-state index >= 15 is 0 Å². The normalized spacial score (nSPS) is 12.3. The summed E-state index contributed by atoms with van der Waals surface area (Å²) < 4.78 is 47.5. The van der Waals surface area contributed by atoms with Crippen LogP contribution in [-0.4, -0.2) is 22.6 Å². The number of hydrogen-bond donors (Lipinski definition) is 1. The van der Waals surface area contributed by atoms with Crippen LogP contribution in [0.15, 0.2) is 86.6 Å². The summed E-state index contributed by atoms with van der Waals surface area (Å²) in [6.45, 7) is 3.78. The molecule has 4 rings (SSSR count). The number of hydrogen-bond acceptors (Lipinski definition) is 5. The van der Waals surface area contributed by atoms with Crippen molar-refractivity contribution in [3.63, 3.8) is 0 Å². The molecule has 0 bridgehead atoms. The van der Waals surface area contributed by atoms with Crippen LogP contribution in [0.4, 0.5) is 5.69 Å². The Morgan fingerprint density at radius 1 is 0.886 bits per heavy atom. The minimum atomic E-state index is -3.88. The fourth-order valence-corrected chi connectivity index (χ4v) is 5.43. The Bertz CT molecular complexity index is 1440. The van der Waals surface area contributed by atoms with E-state index in [9.17, 15) is 8.42 Å². The highest BCUT2D eigenvalue weighted by molar-refractivity contribution is 9.10. The predicted molar refractivity (Wildman–Crippen MR) is 140 cm³/mol. The number of anilines is 1. The highest BCUT2D eigenvalue weighted by Gasteiger charge is 2.27. The molecule has 4 aromatic rings. The maximum atomic E-state index is 13.4. The van der Waals surface area contributed by atoms with Crippen LogP contribution < -0.4 is 14.2 Å². The number of benzene rings is 3. The molecule has 0 saturated carbocycles. The van der Waals surface area contributed by atoms with Crippen molar-refractivity contribution in [2.45, 2.75) is 24.7 Å². The maximum absolute atomic E-state index is 13.4. The molecule has 182 valence electrons. The first-order valence-electron chi connectivity index (χ1n) is 10.9. The third-order valence-electron chi connectivity index (χ3n) is 5.67. The van der Waals surface area contributed by atoms with Crippen molar-refractivity contribution in [3.8, 4) is 11.5 Å². The van der Waals surface area contributed by atoms with Gasteiger partial charge in [0.1, 0.15) is 11.5 Å². The molecule has 0 spiro atoms. The van der Waals surface area contributed by atoms with E-state index in [1.165, 1.54) is 7.11 Å². The van der Waals surface area contributed by atoms with Crippen LogP contribution in [0.25, 0.3) is 0 Å². The quantitative estimate of drug-likeness (QED) is 0.263. The standard InChI is InChI=1S/C27H26BrNO5S/c1-17-8-11-21(12-9-17)35(30,31)29-23-16-26(33-4)25(32-3)15-22(23)27(24-13-10-18(2)34-24)19-6-5-7-20(28)14-19/h5-16,27,29H,1-4H3. The van der Waals surface area contributed by atoms with Gasteiger partial charge in [-0.2, -0.15) is 0 Å². The Labute approximate surface area is 214 Å². The van der Waals surface area contributed by atoms with Gasteiger partial charge in [0.25, 0.3) is 10.0 Å². The van der Waals surface area contributed by atoms with Crippen LogP contribution in [0.1, 0.15) is 34.1 Å². The molecule has 1 unspecified atom stereocenters. The molecule has 1 aromatic heterocycles. The van der Waals surface area contributed by atoms with Crippen molar-refractivity contribution in [1.82, 2.24) is 0 Å². The van der Waals surface area contributed by atoms with Gasteiger partial charge >= 0.3 is 0 Å². The number of furan rings is 1. The lowest BCUT2D eigenvalue weighted by molar-refractivity contribution is 0.354. The number of sulfonamides is 1. The number of halogens is 1. The molecule has 8 heteroatoms. The van der Waals surface area contributed by atoms with E-state index in [2.05, 4.69) is 20.7 Å². The molecule has 0 aliphatic carbocycles. The van der Waals surface area contributed by atoms with E-state index in [4.69, 9.17) is 13.9 Å². The topological polar surface area (TPSA) is 77.8 Å². The molecule has 0 aliphatic rings. The third kappa shape index (κ3) is 5.39. The van der Waals surface area contributed by atoms with Gasteiger partial charge in [-0.05, 0) is 67.4 Å². The molecule has 0 fully saturated rings. The van der Waals surface area contributed by atoms with Crippen molar-refractivity contribution < 1.29 is 22.3 Å². The Morgan fingerprint density at radius 2 is 1.57 bits per heavy atom. The molecule has 1 heterocycles. The van der Waals surface area contributed by atoms with E-state index in [1.54, 1.807) is 43.5 Å². The molecule has 35 heavy (non-hydrogen) atoms. The monoisotopic (exact) mass is 555 g/mol. The second kappa shape index (κ2) is 10.2. The van der Waals surface area contributed by atoms with Crippen LogP contribution in [0.3, 0.4) is 0 Å². The molecule has 0 saturated heterocycles. The van der Waals surface area contributed by atoms with Gasteiger partial charge in [-0.25, -0.2) is 8.42 Å². The largest absolute Gasteiger partial charge is 0.493 e. The van der Waals surface area contributed by atoms with E-state index < -0.39 is 15.9 Å². The molecule has 1 N–H and O–H groups in total. The van der Waals surface area contributed by atoms with Crippen molar-refractivity contribution >= 4 is 31.6 Å². The predicted octanol–water partition coefficient (Wildman–Crippen LogP) is 6.66. The smallest absolute Gasteiger partial charge is 0.261 e. The first-order valence-corrected chi connectivity index (χ1v) is 13.2. The number of aryl methyl sites for hydroxylation is 2. The molecule has 0 amide bonds. The lowest BCUT2D eigenvalue weighted by Gasteiger charge is -2.23. The second-order valence-corrected chi connectivity index (χ2v) is 10.7. The number of methoxy groups -OCH3 is 2. The molecule has 3 aromatic carbocycles. The van der Waals surface area contributed by atoms with E-state index in [0.717, 1.165) is 21.4 Å². The summed E-state index contributed by atoms with van der Waals surface area (Å²) in [4.78, 5) is 0.164. The highest BCUT2D eigenvalue weighted by Crippen LogP contribution is 2.43. The summed E-state index contributed by atoms with van der Waals surface area (Å²) in [5.41, 5.74) is 2.91. The minimum Gasteiger partial charge on any atom is -0.493 e. The van der Waals surface area contributed by atoms with Gasteiger partial charge in [-0.1, -0.05) is 45.8 Å². The van der Waals surface area contributed by atoms with E-state index in [-0.39, 0.29) is 4.90 Å².